The van der Waals surface area contributed by atoms with Gasteiger partial charge in [0.05, 0.1) is 6.10 Å². The lowest BCUT2D eigenvalue weighted by atomic mass is 9.87. The molecule has 0 heterocycles. The number of aryl methyl sites for hydroxylation is 2. The molecule has 15 heavy (non-hydrogen) atoms. The van der Waals surface area contributed by atoms with Gasteiger partial charge in [-0.15, -0.1) is 0 Å². The standard InChI is InChI=1S/C14H20O/c1-2-3-5-11-8-9-12-6-4-7-14(15)13(12)10-11/h8-10,14-15H,2-7H2,1H3/t14-/m1/s1. The second kappa shape index (κ2) is 4.80. The Morgan fingerprint density at radius 1 is 1.40 bits per heavy atom. The van der Waals surface area contributed by atoms with Crippen molar-refractivity contribution in [2.45, 2.75) is 51.6 Å². The van der Waals surface area contributed by atoms with Crippen molar-refractivity contribution < 1.29 is 5.11 Å². The molecule has 1 aliphatic carbocycles. The number of benzene rings is 1. The zero-order valence-corrected chi connectivity index (χ0v) is 9.50. The fourth-order valence-electron chi connectivity index (χ4n) is 2.36. The maximum Gasteiger partial charge on any atom is 0.0792 e. The number of aliphatic hydroxyl groups excluding tert-OH is 1. The predicted octanol–water partition coefficient (Wildman–Crippen LogP) is 3.40. The molecule has 1 aromatic carbocycles. The highest BCUT2D eigenvalue weighted by atomic mass is 16.3. The second-order valence-corrected chi connectivity index (χ2v) is 4.54. The van der Waals surface area contributed by atoms with Crippen LogP contribution in [0, 0.1) is 0 Å². The lowest BCUT2D eigenvalue weighted by Crippen LogP contribution is -2.09. The first-order chi connectivity index (χ1) is 7.31. The van der Waals surface area contributed by atoms with E-state index < -0.39 is 0 Å². The van der Waals surface area contributed by atoms with Crippen LogP contribution >= 0.6 is 0 Å². The molecular formula is C14H20O. The minimum Gasteiger partial charge on any atom is -0.388 e. The number of rotatable bonds is 3. The summed E-state index contributed by atoms with van der Waals surface area (Å²) in [5, 5.41) is 9.91. The van der Waals surface area contributed by atoms with Crippen LogP contribution in [-0.2, 0) is 12.8 Å². The van der Waals surface area contributed by atoms with Crippen LogP contribution in [-0.4, -0.2) is 5.11 Å². The maximum atomic E-state index is 9.91. The SMILES string of the molecule is CCCCc1ccc2c(c1)[C@H](O)CCC2. The summed E-state index contributed by atoms with van der Waals surface area (Å²) in [4.78, 5) is 0. The largest absolute Gasteiger partial charge is 0.388 e. The van der Waals surface area contributed by atoms with Gasteiger partial charge in [0.1, 0.15) is 0 Å². The van der Waals surface area contributed by atoms with Gasteiger partial charge in [0.15, 0.2) is 0 Å². The molecule has 0 radical (unpaired) electrons. The van der Waals surface area contributed by atoms with E-state index in [0.717, 1.165) is 25.7 Å². The monoisotopic (exact) mass is 204 g/mol. The van der Waals surface area contributed by atoms with E-state index in [1.54, 1.807) is 0 Å². The van der Waals surface area contributed by atoms with Crippen LogP contribution in [0.15, 0.2) is 18.2 Å². The summed E-state index contributed by atoms with van der Waals surface area (Å²) in [6, 6.07) is 6.66. The molecule has 1 nitrogen and oxygen atoms in total. The van der Waals surface area contributed by atoms with Crippen molar-refractivity contribution >= 4 is 0 Å². The van der Waals surface area contributed by atoms with Gasteiger partial charge in [-0.05, 0) is 48.8 Å². The summed E-state index contributed by atoms with van der Waals surface area (Å²) < 4.78 is 0. The van der Waals surface area contributed by atoms with E-state index in [2.05, 4.69) is 25.1 Å². The minimum absolute atomic E-state index is 0.213. The summed E-state index contributed by atoms with van der Waals surface area (Å²) >= 11 is 0. The average Bonchev–Trinajstić information content (AvgIpc) is 2.27. The fourth-order valence-corrected chi connectivity index (χ4v) is 2.36. The topological polar surface area (TPSA) is 20.2 Å². The van der Waals surface area contributed by atoms with Gasteiger partial charge in [-0.1, -0.05) is 31.5 Å². The van der Waals surface area contributed by atoms with E-state index in [-0.39, 0.29) is 6.10 Å². The summed E-state index contributed by atoms with van der Waals surface area (Å²) in [5.41, 5.74) is 3.93. The van der Waals surface area contributed by atoms with Crippen molar-refractivity contribution in [3.8, 4) is 0 Å². The Balaban J connectivity index is 2.19. The van der Waals surface area contributed by atoms with Crippen LogP contribution in [0.5, 0.6) is 0 Å². The Morgan fingerprint density at radius 2 is 2.27 bits per heavy atom. The zero-order valence-electron chi connectivity index (χ0n) is 9.50. The third kappa shape index (κ3) is 2.40. The smallest absolute Gasteiger partial charge is 0.0792 e. The molecule has 0 amide bonds. The normalized spacial score (nSPS) is 20.0. The summed E-state index contributed by atoms with van der Waals surface area (Å²) in [7, 11) is 0. The van der Waals surface area contributed by atoms with Gasteiger partial charge < -0.3 is 5.11 Å². The van der Waals surface area contributed by atoms with Gasteiger partial charge in [-0.3, -0.25) is 0 Å². The third-order valence-electron chi connectivity index (χ3n) is 3.31. The van der Waals surface area contributed by atoms with Gasteiger partial charge >= 0.3 is 0 Å². The van der Waals surface area contributed by atoms with Crippen molar-refractivity contribution in [2.24, 2.45) is 0 Å². The first-order valence-corrected chi connectivity index (χ1v) is 6.11. The van der Waals surface area contributed by atoms with Gasteiger partial charge in [0.2, 0.25) is 0 Å². The quantitative estimate of drug-likeness (QED) is 0.800. The number of hydrogen-bond acceptors (Lipinski definition) is 1. The highest BCUT2D eigenvalue weighted by Gasteiger charge is 2.17. The molecule has 0 aliphatic heterocycles. The molecule has 1 atom stereocenters. The van der Waals surface area contributed by atoms with E-state index in [1.165, 1.54) is 29.5 Å². The van der Waals surface area contributed by atoms with E-state index >= 15 is 0 Å². The molecular weight excluding hydrogens is 184 g/mol. The lowest BCUT2D eigenvalue weighted by molar-refractivity contribution is 0.156. The van der Waals surface area contributed by atoms with E-state index in [0.29, 0.717) is 0 Å². The number of unbranched alkanes of at least 4 members (excludes halogenated alkanes) is 1. The molecule has 0 saturated heterocycles. The highest BCUT2D eigenvalue weighted by Crippen LogP contribution is 2.30. The molecule has 82 valence electrons. The Morgan fingerprint density at radius 3 is 3.07 bits per heavy atom. The van der Waals surface area contributed by atoms with Crippen LogP contribution in [0.1, 0.15) is 55.4 Å². The lowest BCUT2D eigenvalue weighted by Gasteiger charge is -2.22. The molecule has 0 bridgehead atoms. The predicted molar refractivity (Wildman–Crippen MR) is 63.0 cm³/mol. The van der Waals surface area contributed by atoms with Crippen molar-refractivity contribution in [3.05, 3.63) is 34.9 Å². The minimum atomic E-state index is -0.213. The van der Waals surface area contributed by atoms with E-state index in [9.17, 15) is 5.11 Å². The molecule has 1 aromatic rings. The fraction of sp³-hybridized carbons (Fsp3) is 0.571. The van der Waals surface area contributed by atoms with Crippen molar-refractivity contribution in [2.75, 3.05) is 0 Å². The molecule has 1 N–H and O–H groups in total. The van der Waals surface area contributed by atoms with Crippen LogP contribution < -0.4 is 0 Å². The third-order valence-corrected chi connectivity index (χ3v) is 3.31. The summed E-state index contributed by atoms with van der Waals surface area (Å²) in [6.45, 7) is 2.22. The summed E-state index contributed by atoms with van der Waals surface area (Å²) in [6.07, 6.45) is 6.62. The van der Waals surface area contributed by atoms with Gasteiger partial charge in [-0.2, -0.15) is 0 Å². The highest BCUT2D eigenvalue weighted by molar-refractivity contribution is 5.35. The Kier molecular flexibility index (Phi) is 3.42. The molecule has 2 rings (SSSR count). The molecule has 1 heteroatoms. The van der Waals surface area contributed by atoms with Crippen LogP contribution in [0.25, 0.3) is 0 Å². The zero-order chi connectivity index (χ0) is 10.7. The second-order valence-electron chi connectivity index (χ2n) is 4.54. The molecule has 0 aromatic heterocycles. The van der Waals surface area contributed by atoms with E-state index in [1.807, 2.05) is 0 Å². The molecule has 0 fully saturated rings. The van der Waals surface area contributed by atoms with Crippen LogP contribution in [0.3, 0.4) is 0 Å². The molecule has 0 saturated carbocycles. The van der Waals surface area contributed by atoms with Crippen molar-refractivity contribution in [1.82, 2.24) is 0 Å². The number of aliphatic hydroxyl groups is 1. The Labute approximate surface area is 92.1 Å². The van der Waals surface area contributed by atoms with Crippen LogP contribution in [0.4, 0.5) is 0 Å². The molecule has 0 spiro atoms. The van der Waals surface area contributed by atoms with Gasteiger partial charge in [0, 0.05) is 0 Å². The maximum absolute atomic E-state index is 9.91. The van der Waals surface area contributed by atoms with Gasteiger partial charge in [-0.25, -0.2) is 0 Å². The van der Waals surface area contributed by atoms with Crippen molar-refractivity contribution in [1.29, 1.82) is 0 Å². The first-order valence-electron chi connectivity index (χ1n) is 6.11. The van der Waals surface area contributed by atoms with Gasteiger partial charge in [0.25, 0.3) is 0 Å². The molecule has 0 unspecified atom stereocenters. The summed E-state index contributed by atoms with van der Waals surface area (Å²) in [5.74, 6) is 0. The van der Waals surface area contributed by atoms with E-state index in [4.69, 9.17) is 0 Å². The Hall–Kier alpha value is -0.820. The Bertz CT molecular complexity index is 330. The molecule has 1 aliphatic rings. The first kappa shape index (κ1) is 10.7. The number of fused-ring (bicyclic) bond motifs is 1. The van der Waals surface area contributed by atoms with Crippen LogP contribution in [0.2, 0.25) is 0 Å². The van der Waals surface area contributed by atoms with Crippen molar-refractivity contribution in [3.63, 3.8) is 0 Å². The number of hydrogen-bond donors (Lipinski definition) is 1. The average molecular weight is 204 g/mol.